The van der Waals surface area contributed by atoms with Crippen LogP contribution < -0.4 is 5.73 Å². The van der Waals surface area contributed by atoms with E-state index in [0.717, 1.165) is 24.1 Å². The molecule has 0 saturated heterocycles. The van der Waals surface area contributed by atoms with Gasteiger partial charge in [-0.3, -0.25) is 0 Å². The van der Waals surface area contributed by atoms with Gasteiger partial charge < -0.3 is 5.73 Å². The van der Waals surface area contributed by atoms with Crippen LogP contribution in [0.4, 0.5) is 5.82 Å². The fourth-order valence-corrected chi connectivity index (χ4v) is 3.20. The smallest absolute Gasteiger partial charge is 0.135 e. The summed E-state index contributed by atoms with van der Waals surface area (Å²) in [5.74, 6) is 1.07. The minimum atomic E-state index is 0.457. The highest BCUT2D eigenvalue weighted by molar-refractivity contribution is 14.1. The number of fused-ring (bicyclic) bond motifs is 1. The standard InChI is InChI=1S/C11H14IN3/c1-3-7-4-6(2)10-8(9(7)12)11(13)15-5-14-10/h5-6H,3-4H2,1-2H3,(H2,13,14,15). The third-order valence-corrected chi connectivity index (χ3v) is 4.18. The maximum absolute atomic E-state index is 5.92. The summed E-state index contributed by atoms with van der Waals surface area (Å²) in [4.78, 5) is 8.42. The normalized spacial score (nSPS) is 20.3. The Balaban J connectivity index is 2.65. The number of nitrogens with two attached hydrogens (primary N) is 1. The molecule has 0 radical (unpaired) electrons. The zero-order valence-corrected chi connectivity index (χ0v) is 11.1. The number of hydrogen-bond donors (Lipinski definition) is 1. The van der Waals surface area contributed by atoms with Crippen LogP contribution >= 0.6 is 22.6 Å². The highest BCUT2D eigenvalue weighted by atomic mass is 127. The summed E-state index contributed by atoms with van der Waals surface area (Å²) >= 11 is 2.37. The van der Waals surface area contributed by atoms with Crippen molar-refractivity contribution < 1.29 is 0 Å². The van der Waals surface area contributed by atoms with Gasteiger partial charge in [0.15, 0.2) is 0 Å². The Morgan fingerprint density at radius 2 is 2.27 bits per heavy atom. The van der Waals surface area contributed by atoms with E-state index >= 15 is 0 Å². The maximum Gasteiger partial charge on any atom is 0.135 e. The number of halogens is 1. The van der Waals surface area contributed by atoms with Crippen molar-refractivity contribution in [3.8, 4) is 0 Å². The number of rotatable bonds is 1. The second-order valence-corrected chi connectivity index (χ2v) is 4.97. The van der Waals surface area contributed by atoms with Gasteiger partial charge in [0, 0.05) is 9.50 Å². The SMILES string of the molecule is CCC1=C(I)c2c(N)ncnc2C(C)C1. The Hall–Kier alpha value is -0.650. The van der Waals surface area contributed by atoms with E-state index in [-0.39, 0.29) is 0 Å². The second kappa shape index (κ2) is 4.08. The molecule has 4 heteroatoms. The average molecular weight is 315 g/mol. The molecule has 1 aromatic heterocycles. The molecule has 0 amide bonds. The first-order chi connectivity index (χ1) is 7.15. The summed E-state index contributed by atoms with van der Waals surface area (Å²) in [6.45, 7) is 4.38. The van der Waals surface area contributed by atoms with Gasteiger partial charge in [0.05, 0.1) is 11.3 Å². The average Bonchev–Trinajstić information content (AvgIpc) is 2.23. The summed E-state index contributed by atoms with van der Waals surface area (Å²) in [6, 6.07) is 0. The number of allylic oxidation sites excluding steroid dienone is 1. The number of nitrogen functional groups attached to an aromatic ring is 1. The number of aromatic nitrogens is 2. The predicted molar refractivity (Wildman–Crippen MR) is 70.7 cm³/mol. The Morgan fingerprint density at radius 3 is 2.93 bits per heavy atom. The van der Waals surface area contributed by atoms with Gasteiger partial charge in [-0.05, 0) is 35.4 Å². The maximum atomic E-state index is 5.92. The summed E-state index contributed by atoms with van der Waals surface area (Å²) in [7, 11) is 0. The van der Waals surface area contributed by atoms with E-state index in [2.05, 4.69) is 46.4 Å². The third kappa shape index (κ3) is 1.75. The molecule has 1 heterocycles. The van der Waals surface area contributed by atoms with Gasteiger partial charge in [0.2, 0.25) is 0 Å². The van der Waals surface area contributed by atoms with Crippen molar-refractivity contribution in [2.45, 2.75) is 32.6 Å². The molecule has 0 saturated carbocycles. The van der Waals surface area contributed by atoms with Gasteiger partial charge in [-0.1, -0.05) is 19.4 Å². The molecule has 0 bridgehead atoms. The predicted octanol–water partition coefficient (Wildman–Crippen LogP) is 3.12. The van der Waals surface area contributed by atoms with Crippen molar-refractivity contribution in [2.75, 3.05) is 5.73 Å². The van der Waals surface area contributed by atoms with Gasteiger partial charge in [-0.15, -0.1) is 0 Å². The van der Waals surface area contributed by atoms with E-state index in [1.54, 1.807) is 6.33 Å². The van der Waals surface area contributed by atoms with Crippen LogP contribution in [0.5, 0.6) is 0 Å². The first-order valence-corrected chi connectivity index (χ1v) is 6.21. The van der Waals surface area contributed by atoms with Crippen LogP contribution in [0.25, 0.3) is 3.58 Å². The van der Waals surface area contributed by atoms with E-state index in [9.17, 15) is 0 Å². The Morgan fingerprint density at radius 1 is 1.53 bits per heavy atom. The van der Waals surface area contributed by atoms with Gasteiger partial charge in [-0.25, -0.2) is 9.97 Å². The lowest BCUT2D eigenvalue weighted by Gasteiger charge is -2.24. The molecule has 15 heavy (non-hydrogen) atoms. The number of nitrogens with zero attached hydrogens (tertiary/aromatic N) is 2. The zero-order valence-electron chi connectivity index (χ0n) is 8.92. The van der Waals surface area contributed by atoms with Crippen LogP contribution in [0.3, 0.4) is 0 Å². The minimum absolute atomic E-state index is 0.457. The molecule has 2 N–H and O–H groups in total. The van der Waals surface area contributed by atoms with Crippen molar-refractivity contribution in [1.82, 2.24) is 9.97 Å². The Labute approximate surface area is 103 Å². The van der Waals surface area contributed by atoms with Crippen molar-refractivity contribution in [3.05, 3.63) is 23.2 Å². The Kier molecular flexibility index (Phi) is 2.95. The molecule has 1 aliphatic carbocycles. The quantitative estimate of drug-likeness (QED) is 0.810. The topological polar surface area (TPSA) is 51.8 Å². The van der Waals surface area contributed by atoms with E-state index in [4.69, 9.17) is 5.73 Å². The molecule has 1 aliphatic rings. The summed E-state index contributed by atoms with van der Waals surface area (Å²) in [5, 5.41) is 0. The van der Waals surface area contributed by atoms with Crippen LogP contribution in [0.15, 0.2) is 11.9 Å². The van der Waals surface area contributed by atoms with Crippen molar-refractivity contribution in [3.63, 3.8) is 0 Å². The summed E-state index contributed by atoms with van der Waals surface area (Å²) < 4.78 is 1.25. The lowest BCUT2D eigenvalue weighted by Crippen LogP contribution is -2.12. The molecule has 3 nitrogen and oxygen atoms in total. The molecule has 1 atom stereocenters. The fraction of sp³-hybridized carbons (Fsp3) is 0.455. The van der Waals surface area contributed by atoms with Crippen LogP contribution in [0, 0.1) is 0 Å². The minimum Gasteiger partial charge on any atom is -0.383 e. The van der Waals surface area contributed by atoms with E-state index in [1.807, 2.05) is 0 Å². The second-order valence-electron chi connectivity index (χ2n) is 3.90. The molecule has 2 rings (SSSR count). The number of hydrogen-bond acceptors (Lipinski definition) is 3. The molecular weight excluding hydrogens is 301 g/mol. The van der Waals surface area contributed by atoms with Crippen molar-refractivity contribution in [1.29, 1.82) is 0 Å². The molecule has 0 spiro atoms. The lowest BCUT2D eigenvalue weighted by atomic mass is 9.87. The molecular formula is C11H14IN3. The lowest BCUT2D eigenvalue weighted by molar-refractivity contribution is 0.694. The van der Waals surface area contributed by atoms with Crippen LogP contribution in [0.1, 0.15) is 43.9 Å². The first kappa shape index (κ1) is 10.9. The van der Waals surface area contributed by atoms with Crippen LogP contribution in [-0.4, -0.2) is 9.97 Å². The fourth-order valence-electron chi connectivity index (χ4n) is 2.04. The molecule has 1 aromatic rings. The van der Waals surface area contributed by atoms with Gasteiger partial charge in [-0.2, -0.15) is 0 Å². The monoisotopic (exact) mass is 315 g/mol. The highest BCUT2D eigenvalue weighted by Gasteiger charge is 2.25. The van der Waals surface area contributed by atoms with E-state index in [0.29, 0.717) is 11.7 Å². The van der Waals surface area contributed by atoms with Crippen LogP contribution in [0.2, 0.25) is 0 Å². The zero-order chi connectivity index (χ0) is 11.0. The van der Waals surface area contributed by atoms with Gasteiger partial charge >= 0.3 is 0 Å². The van der Waals surface area contributed by atoms with Crippen molar-refractivity contribution in [2.24, 2.45) is 0 Å². The largest absolute Gasteiger partial charge is 0.383 e. The third-order valence-electron chi connectivity index (χ3n) is 2.88. The molecule has 0 fully saturated rings. The highest BCUT2D eigenvalue weighted by Crippen LogP contribution is 2.43. The van der Waals surface area contributed by atoms with E-state index in [1.165, 1.54) is 9.15 Å². The van der Waals surface area contributed by atoms with E-state index < -0.39 is 0 Å². The summed E-state index contributed by atoms with van der Waals surface area (Å²) in [5.41, 5.74) is 9.55. The molecule has 0 aromatic carbocycles. The van der Waals surface area contributed by atoms with Gasteiger partial charge in [0.1, 0.15) is 12.1 Å². The van der Waals surface area contributed by atoms with Crippen molar-refractivity contribution >= 4 is 32.0 Å². The van der Waals surface area contributed by atoms with Gasteiger partial charge in [0.25, 0.3) is 0 Å². The Bertz CT molecular complexity index is 426. The molecule has 80 valence electrons. The summed E-state index contributed by atoms with van der Waals surface area (Å²) in [6.07, 6.45) is 3.74. The number of anilines is 1. The van der Waals surface area contributed by atoms with Crippen LogP contribution in [-0.2, 0) is 0 Å². The molecule has 1 unspecified atom stereocenters. The first-order valence-electron chi connectivity index (χ1n) is 5.13. The molecule has 0 aliphatic heterocycles.